The van der Waals surface area contributed by atoms with Gasteiger partial charge >= 0.3 is 5.97 Å². The Bertz CT molecular complexity index is 1350. The third kappa shape index (κ3) is 3.80. The molecule has 0 radical (unpaired) electrons. The Kier molecular flexibility index (Phi) is 5.52. The van der Waals surface area contributed by atoms with Gasteiger partial charge < -0.3 is 4.74 Å². The Balaban J connectivity index is 1.70. The fourth-order valence-corrected chi connectivity index (χ4v) is 4.52. The lowest BCUT2D eigenvalue weighted by molar-refractivity contribution is -0.384. The van der Waals surface area contributed by atoms with Crippen molar-refractivity contribution >= 4 is 40.3 Å². The van der Waals surface area contributed by atoms with E-state index in [-0.39, 0.29) is 18.1 Å². The number of para-hydroxylation sites is 2. The van der Waals surface area contributed by atoms with Gasteiger partial charge in [-0.25, -0.2) is 9.80 Å². The van der Waals surface area contributed by atoms with Crippen LogP contribution in [0.3, 0.4) is 0 Å². The third-order valence-corrected chi connectivity index (χ3v) is 6.10. The van der Waals surface area contributed by atoms with Crippen LogP contribution in [0, 0.1) is 10.1 Å². The number of nitro groups is 1. The van der Waals surface area contributed by atoms with Crippen LogP contribution >= 0.6 is 0 Å². The Morgan fingerprint density at radius 1 is 1.06 bits per heavy atom. The number of nitro benzene ring substituents is 1. The number of aliphatic imine (C=N–C) groups is 1. The van der Waals surface area contributed by atoms with Crippen LogP contribution in [-0.4, -0.2) is 34.7 Å². The fraction of sp³-hybridized carbons (Fsp3) is 0.192. The van der Waals surface area contributed by atoms with E-state index in [0.717, 1.165) is 17.0 Å². The molecule has 35 heavy (non-hydrogen) atoms. The molecule has 0 saturated carbocycles. The summed E-state index contributed by atoms with van der Waals surface area (Å²) in [7, 11) is 0. The minimum Gasteiger partial charge on any atom is -0.460 e. The van der Waals surface area contributed by atoms with Crippen LogP contribution in [-0.2, 0) is 9.53 Å². The first kappa shape index (κ1) is 22.3. The number of rotatable bonds is 5. The number of carbonyl (C=O) groups is 1. The van der Waals surface area contributed by atoms with Crippen molar-refractivity contribution in [2.75, 3.05) is 16.5 Å². The molecular weight excluding hydrogens is 446 g/mol. The molecule has 0 aromatic heterocycles. The molecule has 3 aromatic rings. The maximum Gasteiger partial charge on any atom is 0.376 e. The molecule has 2 heterocycles. The molecule has 2 aliphatic heterocycles. The van der Waals surface area contributed by atoms with Crippen molar-refractivity contribution < 1.29 is 14.5 Å². The number of carbonyl (C=O) groups excluding carboxylic acids is 1. The van der Waals surface area contributed by atoms with Crippen LogP contribution in [0.5, 0.6) is 0 Å². The van der Waals surface area contributed by atoms with E-state index < -0.39 is 16.6 Å². The van der Waals surface area contributed by atoms with E-state index in [2.05, 4.69) is 0 Å². The Labute approximate surface area is 202 Å². The zero-order valence-corrected chi connectivity index (χ0v) is 19.3. The van der Waals surface area contributed by atoms with Gasteiger partial charge in [-0.2, -0.15) is 0 Å². The number of hydrogen-bond donors (Lipinski definition) is 0. The van der Waals surface area contributed by atoms with Gasteiger partial charge in [-0.15, -0.1) is 5.10 Å². The van der Waals surface area contributed by atoms with E-state index in [1.165, 1.54) is 12.1 Å². The van der Waals surface area contributed by atoms with Gasteiger partial charge in [-0.05, 0) is 43.7 Å². The SMILES string of the molecule is CCOC(=O)C1=NN(c2ccc([N+](=O)[O-])cc2)[C@@]2(C)CC(c3ccccc3)=Nc3ccccc3N12. The van der Waals surface area contributed by atoms with Crippen molar-refractivity contribution in [2.45, 2.75) is 25.9 Å². The number of esters is 1. The van der Waals surface area contributed by atoms with Crippen molar-refractivity contribution in [1.82, 2.24) is 0 Å². The summed E-state index contributed by atoms with van der Waals surface area (Å²) in [4.78, 5) is 30.7. The summed E-state index contributed by atoms with van der Waals surface area (Å²) in [5.74, 6) is -0.425. The summed E-state index contributed by atoms with van der Waals surface area (Å²) in [6.45, 7) is 3.92. The molecule has 2 aliphatic rings. The molecule has 0 aliphatic carbocycles. The monoisotopic (exact) mass is 469 g/mol. The Morgan fingerprint density at radius 3 is 2.43 bits per heavy atom. The normalized spacial score (nSPS) is 18.7. The van der Waals surface area contributed by atoms with Crippen molar-refractivity contribution in [3.63, 3.8) is 0 Å². The van der Waals surface area contributed by atoms with Gasteiger partial charge in [0.2, 0.25) is 5.84 Å². The van der Waals surface area contributed by atoms with Crippen LogP contribution in [0.4, 0.5) is 22.7 Å². The highest BCUT2D eigenvalue weighted by Gasteiger charge is 2.51. The molecular formula is C26H23N5O4. The molecule has 0 saturated heterocycles. The minimum atomic E-state index is -0.889. The molecule has 0 amide bonds. The second kappa shape index (κ2) is 8.68. The third-order valence-electron chi connectivity index (χ3n) is 6.10. The van der Waals surface area contributed by atoms with Gasteiger partial charge in [0.05, 0.1) is 34.3 Å². The molecule has 9 nitrogen and oxygen atoms in total. The maximum atomic E-state index is 13.1. The lowest BCUT2D eigenvalue weighted by Gasteiger charge is -2.41. The molecule has 3 aromatic carbocycles. The Hall–Kier alpha value is -4.53. The number of nitrogens with zero attached hydrogens (tertiary/aromatic N) is 5. The molecule has 0 fully saturated rings. The smallest absolute Gasteiger partial charge is 0.376 e. The van der Waals surface area contributed by atoms with Crippen LogP contribution in [0.15, 0.2) is 89.0 Å². The van der Waals surface area contributed by atoms with Gasteiger partial charge in [-0.1, -0.05) is 42.5 Å². The Morgan fingerprint density at radius 2 is 1.74 bits per heavy atom. The topological polar surface area (TPSA) is 101 Å². The summed E-state index contributed by atoms with van der Waals surface area (Å²) in [5.41, 5.74) is 2.90. The summed E-state index contributed by atoms with van der Waals surface area (Å²) >= 11 is 0. The van der Waals surface area contributed by atoms with Gasteiger partial charge in [-0.3, -0.25) is 20.0 Å². The summed E-state index contributed by atoms with van der Waals surface area (Å²) < 4.78 is 5.36. The first-order valence-electron chi connectivity index (χ1n) is 11.2. The molecule has 9 heteroatoms. The van der Waals surface area contributed by atoms with Crippen LogP contribution in [0.2, 0.25) is 0 Å². The molecule has 176 valence electrons. The molecule has 0 N–H and O–H groups in total. The van der Waals surface area contributed by atoms with E-state index in [9.17, 15) is 14.9 Å². The number of hydrogen-bond acceptors (Lipinski definition) is 8. The molecule has 0 unspecified atom stereocenters. The summed E-state index contributed by atoms with van der Waals surface area (Å²) in [5, 5.41) is 17.6. The number of anilines is 2. The highest BCUT2D eigenvalue weighted by molar-refractivity contribution is 6.43. The first-order valence-corrected chi connectivity index (χ1v) is 11.2. The average molecular weight is 470 g/mol. The second-order valence-corrected chi connectivity index (χ2v) is 8.37. The highest BCUT2D eigenvalue weighted by Crippen LogP contribution is 2.46. The van der Waals surface area contributed by atoms with Crippen molar-refractivity contribution in [1.29, 1.82) is 0 Å². The number of non-ortho nitro benzene ring substituents is 1. The van der Waals surface area contributed by atoms with E-state index in [1.807, 2.05) is 66.4 Å². The van der Waals surface area contributed by atoms with Crippen molar-refractivity contribution in [3.8, 4) is 0 Å². The van der Waals surface area contributed by atoms with Crippen LogP contribution in [0.25, 0.3) is 0 Å². The summed E-state index contributed by atoms with van der Waals surface area (Å²) in [6, 6.07) is 23.6. The van der Waals surface area contributed by atoms with E-state index in [0.29, 0.717) is 17.8 Å². The van der Waals surface area contributed by atoms with Gasteiger partial charge in [0.15, 0.2) is 0 Å². The lowest BCUT2D eigenvalue weighted by atomic mass is 9.96. The second-order valence-electron chi connectivity index (χ2n) is 8.37. The molecule has 0 spiro atoms. The number of benzene rings is 3. The maximum absolute atomic E-state index is 13.1. The van der Waals surface area contributed by atoms with Crippen LogP contribution in [0.1, 0.15) is 25.8 Å². The number of hydrazone groups is 1. The summed E-state index contributed by atoms with van der Waals surface area (Å²) in [6.07, 6.45) is 0.412. The molecule has 0 bridgehead atoms. The predicted molar refractivity (Wildman–Crippen MR) is 134 cm³/mol. The number of fused-ring (bicyclic) bond motifs is 3. The minimum absolute atomic E-state index is 0.0256. The number of ether oxygens (including phenoxy) is 1. The zero-order valence-electron chi connectivity index (χ0n) is 19.3. The average Bonchev–Trinajstić information content (AvgIpc) is 3.09. The standard InChI is InChI=1S/C26H23N5O4/c1-3-35-25(32)24-28-30(19-13-15-20(16-14-19)31(33)34)26(2)17-22(18-9-5-4-6-10-18)27-21-11-7-8-12-23(21)29(24)26/h4-16H,3,17H2,1-2H3/t26-/m0/s1. The van der Waals surface area contributed by atoms with Gasteiger partial charge in [0, 0.05) is 18.6 Å². The van der Waals surface area contributed by atoms with E-state index >= 15 is 0 Å². The van der Waals surface area contributed by atoms with E-state index in [4.69, 9.17) is 14.8 Å². The van der Waals surface area contributed by atoms with Crippen LogP contribution < -0.4 is 9.91 Å². The van der Waals surface area contributed by atoms with Gasteiger partial charge in [0.25, 0.3) is 5.69 Å². The first-order chi connectivity index (χ1) is 16.9. The van der Waals surface area contributed by atoms with E-state index in [1.54, 1.807) is 24.1 Å². The zero-order chi connectivity index (χ0) is 24.6. The highest BCUT2D eigenvalue weighted by atomic mass is 16.6. The van der Waals surface area contributed by atoms with Crippen molar-refractivity contribution in [2.24, 2.45) is 10.1 Å². The largest absolute Gasteiger partial charge is 0.460 e. The quantitative estimate of drug-likeness (QED) is 0.295. The number of amidine groups is 1. The molecule has 1 atom stereocenters. The predicted octanol–water partition coefficient (Wildman–Crippen LogP) is 5.04. The van der Waals surface area contributed by atoms with Gasteiger partial charge in [0.1, 0.15) is 5.66 Å². The fourth-order valence-electron chi connectivity index (χ4n) is 4.52. The van der Waals surface area contributed by atoms with Crippen molar-refractivity contribution in [3.05, 3.63) is 94.5 Å². The lowest BCUT2D eigenvalue weighted by Crippen LogP contribution is -2.56. The molecule has 5 rings (SSSR count).